The van der Waals surface area contributed by atoms with Crippen LogP contribution >= 0.6 is 0 Å². The van der Waals surface area contributed by atoms with Gasteiger partial charge in [-0.1, -0.05) is 0 Å². The van der Waals surface area contributed by atoms with Crippen LogP contribution in [0.15, 0.2) is 12.1 Å². The van der Waals surface area contributed by atoms with Gasteiger partial charge in [0.1, 0.15) is 5.82 Å². The third kappa shape index (κ3) is 2.42. The first-order valence-electron chi connectivity index (χ1n) is 6.91. The molecule has 1 aliphatic rings. The highest BCUT2D eigenvalue weighted by atomic mass is 15.4. The van der Waals surface area contributed by atoms with Gasteiger partial charge >= 0.3 is 0 Å². The minimum Gasteiger partial charge on any atom is -0.355 e. The second kappa shape index (κ2) is 4.81. The lowest BCUT2D eigenvalue weighted by atomic mass is 10.3. The van der Waals surface area contributed by atoms with Gasteiger partial charge in [0.25, 0.3) is 0 Å². The second-order valence-electron chi connectivity index (χ2n) is 5.46. The van der Waals surface area contributed by atoms with Crippen molar-refractivity contribution in [2.45, 2.75) is 20.3 Å². The molecule has 2 aromatic rings. The Morgan fingerprint density at radius 2 is 1.84 bits per heavy atom. The molecular formula is C14H21N5. The maximum absolute atomic E-state index is 4.58. The average molecular weight is 259 g/mol. The molecule has 1 aliphatic heterocycles. The Hall–Kier alpha value is -1.62. The molecule has 0 spiro atoms. The first kappa shape index (κ1) is 12.4. The maximum Gasteiger partial charge on any atom is 0.157 e. The van der Waals surface area contributed by atoms with Gasteiger partial charge in [-0.2, -0.15) is 9.61 Å². The van der Waals surface area contributed by atoms with Crippen molar-refractivity contribution in [3.05, 3.63) is 23.5 Å². The van der Waals surface area contributed by atoms with Crippen molar-refractivity contribution in [2.75, 3.05) is 38.1 Å². The van der Waals surface area contributed by atoms with Crippen LogP contribution in [0, 0.1) is 13.8 Å². The van der Waals surface area contributed by atoms with Crippen molar-refractivity contribution in [2.24, 2.45) is 0 Å². The summed E-state index contributed by atoms with van der Waals surface area (Å²) < 4.78 is 1.98. The van der Waals surface area contributed by atoms with Gasteiger partial charge in [-0.3, -0.25) is 0 Å². The van der Waals surface area contributed by atoms with Crippen LogP contribution in [0.3, 0.4) is 0 Å². The molecular weight excluding hydrogens is 238 g/mol. The number of likely N-dealkylation sites (N-methyl/N-ethyl adjacent to an activating group) is 1. The third-order valence-electron chi connectivity index (χ3n) is 3.70. The fraction of sp³-hybridized carbons (Fsp3) is 0.571. The van der Waals surface area contributed by atoms with Crippen molar-refractivity contribution in [3.8, 4) is 0 Å². The zero-order chi connectivity index (χ0) is 13.4. The number of rotatable bonds is 1. The molecule has 19 heavy (non-hydrogen) atoms. The maximum atomic E-state index is 4.58. The summed E-state index contributed by atoms with van der Waals surface area (Å²) in [6.07, 6.45) is 1.19. The van der Waals surface area contributed by atoms with Crippen LogP contribution < -0.4 is 4.90 Å². The Morgan fingerprint density at radius 1 is 1.00 bits per heavy atom. The number of aryl methyl sites for hydroxylation is 2. The van der Waals surface area contributed by atoms with Crippen LogP contribution in [0.25, 0.3) is 5.65 Å². The molecule has 0 aromatic carbocycles. The Balaban J connectivity index is 2.03. The summed E-state index contributed by atoms with van der Waals surface area (Å²) >= 11 is 0. The van der Waals surface area contributed by atoms with Crippen molar-refractivity contribution in [1.29, 1.82) is 0 Å². The smallest absolute Gasteiger partial charge is 0.157 e. The molecule has 1 fully saturated rings. The molecule has 2 aromatic heterocycles. The van der Waals surface area contributed by atoms with Crippen molar-refractivity contribution in [1.82, 2.24) is 19.5 Å². The van der Waals surface area contributed by atoms with E-state index in [0.717, 1.165) is 36.7 Å². The van der Waals surface area contributed by atoms with Crippen LogP contribution in [0.4, 0.5) is 5.82 Å². The molecule has 0 radical (unpaired) electrons. The number of aromatic nitrogens is 3. The minimum absolute atomic E-state index is 0.949. The van der Waals surface area contributed by atoms with E-state index in [1.54, 1.807) is 0 Å². The van der Waals surface area contributed by atoms with Gasteiger partial charge in [-0.05, 0) is 33.9 Å². The average Bonchev–Trinajstić information content (AvgIpc) is 2.58. The van der Waals surface area contributed by atoms with Gasteiger partial charge in [0, 0.05) is 37.5 Å². The highest BCUT2D eigenvalue weighted by Gasteiger charge is 2.16. The fourth-order valence-corrected chi connectivity index (χ4v) is 2.70. The van der Waals surface area contributed by atoms with Crippen molar-refractivity contribution >= 4 is 11.5 Å². The summed E-state index contributed by atoms with van der Waals surface area (Å²) in [6.45, 7) is 8.47. The van der Waals surface area contributed by atoms with Crippen LogP contribution in [-0.4, -0.2) is 52.7 Å². The predicted molar refractivity (Wildman–Crippen MR) is 76.8 cm³/mol. The SMILES string of the molecule is Cc1cc(N2CCCN(C)CC2)n2nc(C)cc2n1. The molecule has 0 bridgehead atoms. The predicted octanol–water partition coefficient (Wildman–Crippen LogP) is 1.49. The van der Waals surface area contributed by atoms with E-state index in [2.05, 4.69) is 39.9 Å². The Bertz CT molecular complexity index is 589. The summed E-state index contributed by atoms with van der Waals surface area (Å²) in [7, 11) is 2.19. The highest BCUT2D eigenvalue weighted by Crippen LogP contribution is 2.19. The molecule has 3 rings (SSSR count). The topological polar surface area (TPSA) is 36.7 Å². The number of nitrogens with zero attached hydrogens (tertiary/aromatic N) is 5. The van der Waals surface area contributed by atoms with Crippen molar-refractivity contribution < 1.29 is 0 Å². The largest absolute Gasteiger partial charge is 0.355 e. The van der Waals surface area contributed by atoms with Gasteiger partial charge in [0.05, 0.1) is 5.69 Å². The molecule has 3 heterocycles. The summed E-state index contributed by atoms with van der Waals surface area (Å²) in [4.78, 5) is 9.37. The normalized spacial score (nSPS) is 17.9. The zero-order valence-electron chi connectivity index (χ0n) is 11.9. The summed E-state index contributed by atoms with van der Waals surface area (Å²) in [5.41, 5.74) is 3.02. The molecule has 5 heteroatoms. The highest BCUT2D eigenvalue weighted by molar-refractivity contribution is 5.52. The number of anilines is 1. The van der Waals surface area contributed by atoms with Gasteiger partial charge in [0.2, 0.25) is 0 Å². The number of hydrogen-bond donors (Lipinski definition) is 0. The molecule has 0 unspecified atom stereocenters. The standard InChI is InChI=1S/C14H21N5/c1-11-10-14(18-6-4-5-17(3)7-8-18)19-13(15-11)9-12(2)16-19/h9-10H,4-8H2,1-3H3. The zero-order valence-corrected chi connectivity index (χ0v) is 11.9. The van der Waals surface area contributed by atoms with Gasteiger partial charge in [-0.25, -0.2) is 4.98 Å². The van der Waals surface area contributed by atoms with Gasteiger partial charge in [-0.15, -0.1) is 0 Å². The molecule has 0 aliphatic carbocycles. The Kier molecular flexibility index (Phi) is 3.14. The van der Waals surface area contributed by atoms with E-state index in [1.165, 1.54) is 18.8 Å². The van der Waals surface area contributed by atoms with Crippen LogP contribution in [0.5, 0.6) is 0 Å². The molecule has 102 valence electrons. The quantitative estimate of drug-likeness (QED) is 0.777. The second-order valence-corrected chi connectivity index (χ2v) is 5.46. The van der Waals surface area contributed by atoms with E-state index in [4.69, 9.17) is 0 Å². The van der Waals surface area contributed by atoms with Crippen LogP contribution in [0.2, 0.25) is 0 Å². The number of hydrogen-bond acceptors (Lipinski definition) is 4. The first-order valence-corrected chi connectivity index (χ1v) is 6.91. The van der Waals surface area contributed by atoms with Gasteiger partial charge in [0.15, 0.2) is 5.65 Å². The van der Waals surface area contributed by atoms with E-state index in [-0.39, 0.29) is 0 Å². The molecule has 0 amide bonds. The van der Waals surface area contributed by atoms with Gasteiger partial charge < -0.3 is 9.80 Å². The lowest BCUT2D eigenvalue weighted by Gasteiger charge is -2.23. The molecule has 0 atom stereocenters. The monoisotopic (exact) mass is 259 g/mol. The third-order valence-corrected chi connectivity index (χ3v) is 3.70. The molecule has 5 nitrogen and oxygen atoms in total. The summed E-state index contributed by atoms with van der Waals surface area (Å²) in [5.74, 6) is 1.17. The van der Waals surface area contributed by atoms with Crippen molar-refractivity contribution in [3.63, 3.8) is 0 Å². The first-order chi connectivity index (χ1) is 9.13. The van der Waals surface area contributed by atoms with E-state index in [9.17, 15) is 0 Å². The fourth-order valence-electron chi connectivity index (χ4n) is 2.70. The Labute approximate surface area is 113 Å². The summed E-state index contributed by atoms with van der Waals surface area (Å²) in [5, 5.41) is 4.58. The lowest BCUT2D eigenvalue weighted by molar-refractivity contribution is 0.360. The molecule has 0 N–H and O–H groups in total. The molecule has 0 saturated carbocycles. The van der Waals surface area contributed by atoms with E-state index < -0.39 is 0 Å². The molecule has 1 saturated heterocycles. The van der Waals surface area contributed by atoms with Crippen LogP contribution in [0.1, 0.15) is 17.8 Å². The Morgan fingerprint density at radius 3 is 2.68 bits per heavy atom. The lowest BCUT2D eigenvalue weighted by Crippen LogP contribution is -2.30. The summed E-state index contributed by atoms with van der Waals surface area (Å²) in [6, 6.07) is 4.19. The van der Waals surface area contributed by atoms with Crippen LogP contribution in [-0.2, 0) is 0 Å². The van der Waals surface area contributed by atoms with E-state index in [1.807, 2.05) is 17.5 Å². The minimum atomic E-state index is 0.949. The van der Waals surface area contributed by atoms with E-state index >= 15 is 0 Å². The van der Waals surface area contributed by atoms with E-state index in [0.29, 0.717) is 0 Å². The number of fused-ring (bicyclic) bond motifs is 1.